The molecule has 1 saturated heterocycles. The summed E-state index contributed by atoms with van der Waals surface area (Å²) >= 11 is 11.8. The van der Waals surface area contributed by atoms with Crippen molar-refractivity contribution in [1.82, 2.24) is 4.90 Å². The van der Waals surface area contributed by atoms with E-state index in [0.29, 0.717) is 28.4 Å². The monoisotopic (exact) mass is 345 g/mol. The van der Waals surface area contributed by atoms with Crippen molar-refractivity contribution in [3.8, 4) is 5.75 Å². The fraction of sp³-hybridized carbons (Fsp3) is 0.562. The summed E-state index contributed by atoms with van der Waals surface area (Å²) in [7, 11) is 1.78. The zero-order chi connectivity index (χ0) is 15.9. The second-order valence-electron chi connectivity index (χ2n) is 5.46. The van der Waals surface area contributed by atoms with Crippen molar-refractivity contribution in [2.24, 2.45) is 0 Å². The minimum atomic E-state index is -0.0710. The van der Waals surface area contributed by atoms with Crippen molar-refractivity contribution in [3.63, 3.8) is 0 Å². The van der Waals surface area contributed by atoms with Crippen LogP contribution in [0.1, 0.15) is 25.7 Å². The van der Waals surface area contributed by atoms with Crippen LogP contribution < -0.4 is 4.74 Å². The average molecular weight is 346 g/mol. The highest BCUT2D eigenvalue weighted by atomic mass is 35.5. The fourth-order valence-corrected chi connectivity index (χ4v) is 2.86. The molecule has 122 valence electrons. The van der Waals surface area contributed by atoms with Crippen LogP contribution in [-0.2, 0) is 9.53 Å². The maximum Gasteiger partial charge on any atom is 0.260 e. The number of carbonyl (C=O) groups is 1. The minimum absolute atomic E-state index is 0.0300. The molecule has 6 heteroatoms. The summed E-state index contributed by atoms with van der Waals surface area (Å²) in [4.78, 5) is 13.7. The molecule has 1 aliphatic rings. The van der Waals surface area contributed by atoms with Gasteiger partial charge in [0.15, 0.2) is 6.61 Å². The number of hydrogen-bond donors (Lipinski definition) is 0. The van der Waals surface area contributed by atoms with Crippen LogP contribution in [0.5, 0.6) is 5.75 Å². The van der Waals surface area contributed by atoms with E-state index in [1.807, 2.05) is 0 Å². The van der Waals surface area contributed by atoms with Gasteiger partial charge in [-0.1, -0.05) is 23.2 Å². The van der Waals surface area contributed by atoms with Gasteiger partial charge in [-0.15, -0.1) is 0 Å². The highest BCUT2D eigenvalue weighted by Crippen LogP contribution is 2.27. The van der Waals surface area contributed by atoms with E-state index in [0.717, 1.165) is 32.3 Å². The first-order valence-electron chi connectivity index (χ1n) is 7.49. The molecule has 1 heterocycles. The van der Waals surface area contributed by atoms with Crippen LogP contribution in [0, 0.1) is 0 Å². The quantitative estimate of drug-likeness (QED) is 0.754. The third-order valence-corrected chi connectivity index (χ3v) is 4.24. The molecule has 0 spiro atoms. The molecule has 1 unspecified atom stereocenters. The van der Waals surface area contributed by atoms with E-state index in [-0.39, 0.29) is 12.5 Å². The third-order valence-electron chi connectivity index (χ3n) is 3.71. The van der Waals surface area contributed by atoms with Crippen LogP contribution >= 0.6 is 23.2 Å². The van der Waals surface area contributed by atoms with Gasteiger partial charge in [-0.05, 0) is 43.9 Å². The highest BCUT2D eigenvalue weighted by molar-refractivity contribution is 6.35. The molecule has 1 aliphatic heterocycles. The Morgan fingerprint density at radius 2 is 2.27 bits per heavy atom. The molecular formula is C16H21Cl2NO3. The first kappa shape index (κ1) is 17.4. The number of rotatable bonds is 7. The Hall–Kier alpha value is -0.970. The zero-order valence-electron chi connectivity index (χ0n) is 12.7. The largest absolute Gasteiger partial charge is 0.482 e. The van der Waals surface area contributed by atoms with Gasteiger partial charge in [0.25, 0.3) is 5.91 Å². The topological polar surface area (TPSA) is 38.8 Å². The zero-order valence-corrected chi connectivity index (χ0v) is 14.2. The second kappa shape index (κ2) is 8.61. The number of nitrogens with zero attached hydrogens (tertiary/aromatic N) is 1. The summed E-state index contributed by atoms with van der Waals surface area (Å²) in [5, 5.41) is 0.941. The Labute approximate surface area is 141 Å². The molecule has 0 saturated carbocycles. The Balaban J connectivity index is 1.69. The highest BCUT2D eigenvalue weighted by Gasteiger charge is 2.16. The molecule has 22 heavy (non-hydrogen) atoms. The van der Waals surface area contributed by atoms with Crippen LogP contribution in [0.3, 0.4) is 0 Å². The van der Waals surface area contributed by atoms with E-state index < -0.39 is 0 Å². The first-order valence-corrected chi connectivity index (χ1v) is 8.25. The van der Waals surface area contributed by atoms with Crippen molar-refractivity contribution >= 4 is 29.1 Å². The van der Waals surface area contributed by atoms with Crippen LogP contribution in [0.15, 0.2) is 18.2 Å². The summed E-state index contributed by atoms with van der Waals surface area (Å²) in [5.74, 6) is 0.394. The maximum atomic E-state index is 12.0. The number of likely N-dealkylation sites (N-methyl/N-ethyl adjacent to an activating group) is 1. The molecule has 1 aromatic rings. The number of ether oxygens (including phenoxy) is 2. The Kier molecular flexibility index (Phi) is 6.80. The van der Waals surface area contributed by atoms with E-state index in [4.69, 9.17) is 32.7 Å². The van der Waals surface area contributed by atoms with E-state index in [2.05, 4.69) is 0 Å². The van der Waals surface area contributed by atoms with Gasteiger partial charge in [0.1, 0.15) is 5.75 Å². The molecule has 0 bridgehead atoms. The van der Waals surface area contributed by atoms with Crippen LogP contribution in [0.4, 0.5) is 0 Å². The summed E-state index contributed by atoms with van der Waals surface area (Å²) < 4.78 is 11.0. The molecule has 1 amide bonds. The first-order chi connectivity index (χ1) is 10.6. The van der Waals surface area contributed by atoms with Crippen molar-refractivity contribution in [2.45, 2.75) is 31.8 Å². The molecule has 4 nitrogen and oxygen atoms in total. The summed E-state index contributed by atoms with van der Waals surface area (Å²) in [6.45, 7) is 1.54. The van der Waals surface area contributed by atoms with Gasteiger partial charge < -0.3 is 14.4 Å². The Morgan fingerprint density at radius 3 is 2.95 bits per heavy atom. The smallest absolute Gasteiger partial charge is 0.260 e. The minimum Gasteiger partial charge on any atom is -0.482 e. The normalized spacial score (nSPS) is 17.5. The molecule has 0 N–H and O–H groups in total. The molecule has 0 aliphatic carbocycles. The van der Waals surface area contributed by atoms with Gasteiger partial charge in [0, 0.05) is 25.2 Å². The van der Waals surface area contributed by atoms with E-state index in [1.54, 1.807) is 30.1 Å². The lowest BCUT2D eigenvalue weighted by Gasteiger charge is -2.18. The lowest BCUT2D eigenvalue weighted by atomic mass is 10.1. The molecule has 0 aromatic heterocycles. The van der Waals surface area contributed by atoms with Crippen molar-refractivity contribution in [3.05, 3.63) is 28.2 Å². The van der Waals surface area contributed by atoms with E-state index in [9.17, 15) is 4.79 Å². The molecule has 1 aromatic carbocycles. The van der Waals surface area contributed by atoms with Gasteiger partial charge in [-0.2, -0.15) is 0 Å². The van der Waals surface area contributed by atoms with E-state index in [1.165, 1.54) is 0 Å². The lowest BCUT2D eigenvalue weighted by molar-refractivity contribution is -0.132. The Bertz CT molecular complexity index is 504. The van der Waals surface area contributed by atoms with Gasteiger partial charge in [0.2, 0.25) is 0 Å². The van der Waals surface area contributed by atoms with E-state index >= 15 is 0 Å². The molecular weight excluding hydrogens is 325 g/mol. The average Bonchev–Trinajstić information content (AvgIpc) is 2.99. The molecule has 2 rings (SSSR count). The predicted molar refractivity (Wildman–Crippen MR) is 87.8 cm³/mol. The van der Waals surface area contributed by atoms with Crippen molar-refractivity contribution in [2.75, 3.05) is 26.8 Å². The predicted octanol–water partition coefficient (Wildman–Crippen LogP) is 3.79. The van der Waals surface area contributed by atoms with Crippen LogP contribution in [0.2, 0.25) is 10.0 Å². The van der Waals surface area contributed by atoms with Crippen LogP contribution in [-0.4, -0.2) is 43.7 Å². The summed E-state index contributed by atoms with van der Waals surface area (Å²) in [6.07, 6.45) is 4.59. The number of carbonyl (C=O) groups excluding carboxylic acids is 1. The maximum absolute atomic E-state index is 12.0. The van der Waals surface area contributed by atoms with Gasteiger partial charge in [-0.3, -0.25) is 4.79 Å². The van der Waals surface area contributed by atoms with Gasteiger partial charge >= 0.3 is 0 Å². The summed E-state index contributed by atoms with van der Waals surface area (Å²) in [5.41, 5.74) is 0. The standard InChI is InChI=1S/C16H21Cl2NO3/c1-19(8-2-4-13-5-3-9-21-13)16(20)11-22-15-7-6-12(17)10-14(15)18/h6-7,10,13H,2-5,8-9,11H2,1H3. The number of amides is 1. The molecule has 1 atom stereocenters. The van der Waals surface area contributed by atoms with Crippen molar-refractivity contribution in [1.29, 1.82) is 0 Å². The molecule has 1 fully saturated rings. The number of hydrogen-bond acceptors (Lipinski definition) is 3. The SMILES string of the molecule is CN(CCCC1CCCO1)C(=O)COc1ccc(Cl)cc1Cl. The lowest BCUT2D eigenvalue weighted by Crippen LogP contribution is -2.32. The van der Waals surface area contributed by atoms with Gasteiger partial charge in [-0.25, -0.2) is 0 Å². The van der Waals surface area contributed by atoms with Gasteiger partial charge in [0.05, 0.1) is 11.1 Å². The summed E-state index contributed by atoms with van der Waals surface area (Å²) in [6, 6.07) is 4.93. The number of benzene rings is 1. The Morgan fingerprint density at radius 1 is 1.45 bits per heavy atom. The fourth-order valence-electron chi connectivity index (χ4n) is 2.39. The molecule has 0 radical (unpaired) electrons. The third kappa shape index (κ3) is 5.34. The number of halogens is 2. The van der Waals surface area contributed by atoms with Crippen molar-refractivity contribution < 1.29 is 14.3 Å². The second-order valence-corrected chi connectivity index (χ2v) is 6.30. The van der Waals surface area contributed by atoms with Crippen LogP contribution in [0.25, 0.3) is 0 Å².